The van der Waals surface area contributed by atoms with Crippen LogP contribution in [0.1, 0.15) is 126 Å². The van der Waals surface area contributed by atoms with E-state index in [0.29, 0.717) is 5.92 Å². The van der Waals surface area contributed by atoms with E-state index in [1.807, 2.05) is 28.7 Å². The van der Waals surface area contributed by atoms with Gasteiger partial charge in [-0.05, 0) is 157 Å². The van der Waals surface area contributed by atoms with E-state index >= 15 is 0 Å². The van der Waals surface area contributed by atoms with Gasteiger partial charge in [-0.15, -0.1) is 22.7 Å². The Morgan fingerprint density at radius 1 is 0.859 bits per heavy atom. The Morgan fingerprint density at radius 3 is 2.45 bits per heavy atom. The molecule has 1 aliphatic heterocycles. The second-order valence-corrected chi connectivity index (χ2v) is 21.5. The van der Waals surface area contributed by atoms with Crippen molar-refractivity contribution in [2.75, 3.05) is 6.54 Å². The summed E-state index contributed by atoms with van der Waals surface area (Å²) in [4.78, 5) is 5.36. The first-order valence-electron chi connectivity index (χ1n) is 25.8. The van der Waals surface area contributed by atoms with Crippen molar-refractivity contribution in [3.8, 4) is 0 Å². The van der Waals surface area contributed by atoms with Crippen LogP contribution in [0.5, 0.6) is 0 Å². The first-order chi connectivity index (χ1) is 34.5. The molecule has 3 unspecified atom stereocenters. The first kappa shape index (κ1) is 52.6. The van der Waals surface area contributed by atoms with Gasteiger partial charge in [0.05, 0.1) is 0 Å². The summed E-state index contributed by atoms with van der Waals surface area (Å²) in [7, 11) is 0. The largest absolute Gasteiger partial charge is 0.385 e. The molecule has 3 heteroatoms. The van der Waals surface area contributed by atoms with Gasteiger partial charge in [0.25, 0.3) is 0 Å². The highest BCUT2D eigenvalue weighted by atomic mass is 32.1. The van der Waals surface area contributed by atoms with Crippen LogP contribution in [0.15, 0.2) is 211 Å². The van der Waals surface area contributed by atoms with Crippen molar-refractivity contribution in [1.29, 1.82) is 0 Å². The lowest BCUT2D eigenvalue weighted by atomic mass is 9.80. The lowest BCUT2D eigenvalue weighted by Crippen LogP contribution is -2.22. The number of benzene rings is 1. The summed E-state index contributed by atoms with van der Waals surface area (Å²) in [5, 5.41) is 4.03. The van der Waals surface area contributed by atoms with Gasteiger partial charge < -0.3 is 5.32 Å². The van der Waals surface area contributed by atoms with Crippen LogP contribution in [0.4, 0.5) is 0 Å². The number of fused-ring (bicyclic) bond motifs is 1. The fraction of sp³-hybridized carbons (Fsp3) is 0.265. The van der Waals surface area contributed by atoms with E-state index in [-0.39, 0.29) is 17.8 Å². The Morgan fingerprint density at radius 2 is 1.69 bits per heavy atom. The van der Waals surface area contributed by atoms with E-state index in [9.17, 15) is 0 Å². The van der Waals surface area contributed by atoms with Crippen molar-refractivity contribution >= 4 is 58.1 Å². The Balaban J connectivity index is 1.20. The summed E-state index contributed by atoms with van der Waals surface area (Å²) < 4.78 is 0. The van der Waals surface area contributed by atoms with Crippen LogP contribution in [0, 0.1) is 31.6 Å². The van der Waals surface area contributed by atoms with Gasteiger partial charge in [0.2, 0.25) is 0 Å². The van der Waals surface area contributed by atoms with Crippen LogP contribution in [0.3, 0.4) is 0 Å². The zero-order chi connectivity index (χ0) is 50.3. The number of thiophene rings is 2. The van der Waals surface area contributed by atoms with E-state index in [0.717, 1.165) is 73.8 Å². The highest BCUT2D eigenvalue weighted by Crippen LogP contribution is 2.48. The highest BCUT2D eigenvalue weighted by Gasteiger charge is 2.30. The number of rotatable bonds is 19. The Bertz CT molecular complexity index is 2910. The van der Waals surface area contributed by atoms with E-state index < -0.39 is 0 Å². The fourth-order valence-corrected chi connectivity index (χ4v) is 12.5. The maximum atomic E-state index is 4.61. The van der Waals surface area contributed by atoms with Crippen LogP contribution in [-0.4, -0.2) is 6.54 Å². The van der Waals surface area contributed by atoms with Crippen molar-refractivity contribution in [3.63, 3.8) is 0 Å². The smallest absolute Gasteiger partial charge is 0.0350 e. The standard InChI is InChI=1S/C68H75NS2/c1-11-14-16-19-26-48(5)51(8)43-62(67-53(10)60(66(71-67)24-13-3)38-35-54-27-20-17-21-28-54)58-37-39-59-50(7)32-36-57(41-42-69-64(59)46-58)63-45-55(34-31-47(4)25-15-12-2)44-61-52(9)65(70-68(61)63)40-33-49(6)56-29-22-18-23-30-56/h12-16,18-20,22-30,32-33,35-41,43-44,47,50,58,63,69H,2,5-6,8,11,17,21,31,34,42,45-46H2,1,3-4,7,9-10H3/b16-14-,24-13-,25-15-,26-19-,36-32-,38-35+,40-33-,57-41+,62-43-/t47-,50?,58?,63?/m0/s1. The summed E-state index contributed by atoms with van der Waals surface area (Å²) in [6, 6.07) is 10.5. The Hall–Kier alpha value is -6.26. The average Bonchev–Trinajstić information content (AvgIpc) is 3.90. The third-order valence-electron chi connectivity index (χ3n) is 14.1. The molecule has 0 saturated carbocycles. The molecule has 1 N–H and O–H groups in total. The third kappa shape index (κ3) is 13.6. The second-order valence-electron chi connectivity index (χ2n) is 19.3. The van der Waals surface area contributed by atoms with Gasteiger partial charge in [0.15, 0.2) is 0 Å². The summed E-state index contributed by atoms with van der Waals surface area (Å²) in [5.41, 5.74) is 17.5. The van der Waals surface area contributed by atoms with Gasteiger partial charge in [-0.2, -0.15) is 0 Å². The molecule has 0 amide bonds. The predicted molar refractivity (Wildman–Crippen MR) is 319 cm³/mol. The minimum absolute atomic E-state index is 0.141. The van der Waals surface area contributed by atoms with E-state index in [1.54, 1.807) is 0 Å². The molecule has 3 heterocycles. The maximum Gasteiger partial charge on any atom is 0.0350 e. The van der Waals surface area contributed by atoms with Crippen LogP contribution < -0.4 is 5.32 Å². The number of allylic oxidation sites excluding steroid dienone is 27. The van der Waals surface area contributed by atoms with Crippen molar-refractivity contribution in [1.82, 2.24) is 5.32 Å². The van der Waals surface area contributed by atoms with Gasteiger partial charge in [0.1, 0.15) is 0 Å². The molecular weight excluding hydrogens is 895 g/mol. The number of nitrogens with one attached hydrogen (secondary N) is 1. The van der Waals surface area contributed by atoms with Gasteiger partial charge >= 0.3 is 0 Å². The lowest BCUT2D eigenvalue weighted by molar-refractivity contribution is 0.623. The van der Waals surface area contributed by atoms with E-state index in [1.165, 1.54) is 75.3 Å². The molecule has 3 aliphatic carbocycles. The predicted octanol–water partition coefficient (Wildman–Crippen LogP) is 19.8. The van der Waals surface area contributed by atoms with Gasteiger partial charge in [-0.3, -0.25) is 0 Å². The second kappa shape index (κ2) is 25.7. The van der Waals surface area contributed by atoms with Crippen LogP contribution in [0.25, 0.3) is 35.5 Å². The summed E-state index contributed by atoms with van der Waals surface area (Å²) in [5.74, 6) is 1.13. The maximum absolute atomic E-state index is 4.61. The SMILES string of the molecule is C=C/C=C\[C@H](C)CCC1=Cc2c(sc(/C=C\C(=C)c3ccccc3)c2C)C(C2=C/CNC3=C(C=CC(/C(=C/C(=C)C(=C)/C=C\C=C/CC)c4sc(/C=C\C)c(/C=C/C5=CCCC=C5)c4C)C3)C(C)/C=C\2)C1. The highest BCUT2D eigenvalue weighted by molar-refractivity contribution is 7.14. The molecular formula is C68H75NS2. The summed E-state index contributed by atoms with van der Waals surface area (Å²) >= 11 is 3.84. The van der Waals surface area contributed by atoms with Gasteiger partial charge in [-0.1, -0.05) is 205 Å². The molecule has 0 saturated heterocycles. The minimum atomic E-state index is 0.141. The molecule has 7 rings (SSSR count). The topological polar surface area (TPSA) is 12.0 Å². The van der Waals surface area contributed by atoms with Gasteiger partial charge in [0, 0.05) is 49.5 Å². The molecule has 1 nitrogen and oxygen atoms in total. The minimum Gasteiger partial charge on any atom is -0.385 e. The Labute approximate surface area is 436 Å². The molecule has 364 valence electrons. The third-order valence-corrected chi connectivity index (χ3v) is 16.8. The van der Waals surface area contributed by atoms with Crippen molar-refractivity contribution < 1.29 is 0 Å². The van der Waals surface area contributed by atoms with Crippen LogP contribution in [-0.2, 0) is 0 Å². The lowest BCUT2D eigenvalue weighted by Gasteiger charge is -2.27. The van der Waals surface area contributed by atoms with Gasteiger partial charge in [-0.25, -0.2) is 0 Å². The zero-order valence-electron chi connectivity index (χ0n) is 43.3. The first-order valence-corrected chi connectivity index (χ1v) is 27.4. The summed E-state index contributed by atoms with van der Waals surface area (Å²) in [6.45, 7) is 31.7. The van der Waals surface area contributed by atoms with Crippen molar-refractivity contribution in [2.24, 2.45) is 17.8 Å². The zero-order valence-corrected chi connectivity index (χ0v) is 44.9. The van der Waals surface area contributed by atoms with Crippen LogP contribution in [0.2, 0.25) is 0 Å². The quantitative estimate of drug-likeness (QED) is 0.118. The molecule has 1 aromatic carbocycles. The average molecular weight is 970 g/mol. The molecule has 4 aliphatic rings. The fourth-order valence-electron chi connectivity index (χ4n) is 9.80. The number of hydrogen-bond donors (Lipinski definition) is 1. The van der Waals surface area contributed by atoms with E-state index in [4.69, 9.17) is 0 Å². The molecule has 0 radical (unpaired) electrons. The monoisotopic (exact) mass is 970 g/mol. The van der Waals surface area contributed by atoms with E-state index in [2.05, 4.69) is 237 Å². The molecule has 2 aromatic heterocycles. The molecule has 3 aromatic rings. The van der Waals surface area contributed by atoms with Crippen molar-refractivity contribution in [2.45, 2.75) is 92.4 Å². The molecule has 0 spiro atoms. The number of hydrogen-bond acceptors (Lipinski definition) is 3. The summed E-state index contributed by atoms with van der Waals surface area (Å²) in [6.07, 6.45) is 59.4. The van der Waals surface area contributed by atoms with Crippen LogP contribution >= 0.6 is 22.7 Å². The molecule has 71 heavy (non-hydrogen) atoms. The Kier molecular flexibility index (Phi) is 19.1. The normalized spacial score (nSPS) is 21.2. The molecule has 4 atom stereocenters. The van der Waals surface area contributed by atoms with Crippen molar-refractivity contribution in [3.05, 3.63) is 259 Å². The molecule has 0 bridgehead atoms. The molecule has 0 fully saturated rings.